The van der Waals surface area contributed by atoms with Crippen LogP contribution in [0, 0.1) is 17.1 Å². The zero-order chi connectivity index (χ0) is 34.5. The molecule has 1 aromatic heterocycles. The van der Waals surface area contributed by atoms with Crippen molar-refractivity contribution in [2.75, 3.05) is 57.9 Å². The van der Waals surface area contributed by atoms with E-state index < -0.39 is 33.3 Å². The van der Waals surface area contributed by atoms with Crippen LogP contribution >= 0.6 is 0 Å². The summed E-state index contributed by atoms with van der Waals surface area (Å²) >= 11 is 0. The van der Waals surface area contributed by atoms with Gasteiger partial charge in [-0.05, 0) is 74.5 Å². The van der Waals surface area contributed by atoms with Crippen molar-refractivity contribution >= 4 is 27.6 Å². The average molecular weight is 690 g/mol. The van der Waals surface area contributed by atoms with E-state index in [2.05, 4.69) is 27.1 Å². The number of halogens is 1. The predicted molar refractivity (Wildman–Crippen MR) is 175 cm³/mol. The Labute approximate surface area is 283 Å². The fourth-order valence-corrected chi connectivity index (χ4v) is 8.67. The Morgan fingerprint density at radius 3 is 2.45 bits per heavy atom. The third-order valence-corrected chi connectivity index (χ3v) is 11.9. The number of piperidine rings is 1. The fraction of sp³-hybridized carbons (Fsp3) is 0.412. The number of rotatable bonds is 8. The molecular formula is C34H36FN7O6S. The van der Waals surface area contributed by atoms with Crippen LogP contribution in [0.25, 0.3) is 0 Å². The summed E-state index contributed by atoms with van der Waals surface area (Å²) in [6.45, 7) is 4.18. The molecule has 2 aromatic carbocycles. The quantitative estimate of drug-likeness (QED) is 0.374. The molecule has 49 heavy (non-hydrogen) atoms. The van der Waals surface area contributed by atoms with Crippen molar-refractivity contribution in [3.8, 4) is 11.9 Å². The molecule has 1 unspecified atom stereocenters. The SMILES string of the molecule is COc1ncccc1C1(NC(=O)N2CC(N3CCC(N(C)C4COC4)CC3)C2)C(=O)N(S(=O)(=O)c2ccc(F)cc2)c2ccc(C#N)cc21. The van der Waals surface area contributed by atoms with Crippen molar-refractivity contribution in [3.63, 3.8) is 0 Å². The van der Waals surface area contributed by atoms with Crippen molar-refractivity contribution in [3.05, 3.63) is 83.3 Å². The Balaban J connectivity index is 1.20. The van der Waals surface area contributed by atoms with Gasteiger partial charge in [0.25, 0.3) is 15.9 Å². The molecule has 0 spiro atoms. The summed E-state index contributed by atoms with van der Waals surface area (Å²) in [5.74, 6) is -1.70. The smallest absolute Gasteiger partial charge is 0.318 e. The Morgan fingerprint density at radius 1 is 1.10 bits per heavy atom. The van der Waals surface area contributed by atoms with E-state index in [0.29, 0.717) is 29.5 Å². The summed E-state index contributed by atoms with van der Waals surface area (Å²) in [4.78, 5) is 39.2. The zero-order valence-electron chi connectivity index (χ0n) is 27.1. The van der Waals surface area contributed by atoms with Crippen LogP contribution in [0.5, 0.6) is 5.88 Å². The second kappa shape index (κ2) is 12.7. The highest BCUT2D eigenvalue weighted by atomic mass is 32.2. The first-order chi connectivity index (χ1) is 23.6. The highest BCUT2D eigenvalue weighted by Crippen LogP contribution is 2.49. The first kappa shape index (κ1) is 32.9. The molecule has 0 radical (unpaired) electrons. The Hall–Kier alpha value is -4.62. The number of nitriles is 1. The van der Waals surface area contributed by atoms with Gasteiger partial charge in [-0.25, -0.2) is 22.6 Å². The average Bonchev–Trinajstić information content (AvgIpc) is 3.31. The highest BCUT2D eigenvalue weighted by molar-refractivity contribution is 7.93. The number of methoxy groups -OCH3 is 1. The maximum absolute atomic E-state index is 14.8. The van der Waals surface area contributed by atoms with Gasteiger partial charge in [-0.3, -0.25) is 14.6 Å². The van der Waals surface area contributed by atoms with Gasteiger partial charge in [0.05, 0.1) is 54.1 Å². The lowest BCUT2D eigenvalue weighted by Gasteiger charge is -2.50. The largest absolute Gasteiger partial charge is 0.481 e. The number of ether oxygens (including phenoxy) is 2. The number of anilines is 1. The van der Waals surface area contributed by atoms with Crippen molar-refractivity contribution in [1.82, 2.24) is 25.0 Å². The molecular weight excluding hydrogens is 653 g/mol. The predicted octanol–water partition coefficient (Wildman–Crippen LogP) is 2.27. The van der Waals surface area contributed by atoms with E-state index in [4.69, 9.17) is 9.47 Å². The number of hydrogen-bond acceptors (Lipinski definition) is 10. The van der Waals surface area contributed by atoms with Gasteiger partial charge in [0.15, 0.2) is 5.54 Å². The number of sulfonamides is 1. The number of carbonyl (C=O) groups is 2. The number of amides is 3. The number of benzene rings is 2. The minimum atomic E-state index is -4.63. The number of likely N-dealkylation sites (N-methyl/N-ethyl adjacent to an activating group) is 1. The third kappa shape index (κ3) is 5.48. The minimum Gasteiger partial charge on any atom is -0.481 e. The lowest BCUT2D eigenvalue weighted by atomic mass is 9.83. The number of urea groups is 1. The molecule has 15 heteroatoms. The molecule has 5 heterocycles. The molecule has 1 N–H and O–H groups in total. The summed E-state index contributed by atoms with van der Waals surface area (Å²) in [6.07, 6.45) is 3.48. The molecule has 4 aliphatic heterocycles. The summed E-state index contributed by atoms with van der Waals surface area (Å²) in [5, 5.41) is 12.7. The van der Waals surface area contributed by atoms with Gasteiger partial charge >= 0.3 is 6.03 Å². The number of nitrogens with zero attached hydrogens (tertiary/aromatic N) is 6. The topological polar surface area (TPSA) is 148 Å². The van der Waals surface area contributed by atoms with Gasteiger partial charge in [-0.15, -0.1) is 0 Å². The summed E-state index contributed by atoms with van der Waals surface area (Å²) in [5.41, 5.74) is -1.93. The highest BCUT2D eigenvalue weighted by Gasteiger charge is 2.59. The standard InChI is InChI=1S/C34H36FN7O6S/c1-39(26-20-48-21-26)24-11-14-40(15-12-24)25-18-41(19-25)33(44)38-34(28-4-3-13-37-31(28)47-2)29-16-22(17-36)5-10-30(29)42(32(34)43)49(45,46)27-8-6-23(35)7-9-27/h3-10,13,16,24-26H,11-12,14-15,18-21H2,1-2H3,(H,38,44). The van der Waals surface area contributed by atoms with E-state index >= 15 is 0 Å². The molecule has 3 amide bonds. The van der Waals surface area contributed by atoms with Crippen LogP contribution in [-0.4, -0.2) is 112 Å². The normalized spacial score (nSPS) is 22.0. The molecule has 256 valence electrons. The van der Waals surface area contributed by atoms with Crippen LogP contribution in [0.15, 0.2) is 65.7 Å². The first-order valence-corrected chi connectivity index (χ1v) is 17.5. The van der Waals surface area contributed by atoms with Crippen LogP contribution < -0.4 is 14.4 Å². The molecule has 3 saturated heterocycles. The molecule has 0 bridgehead atoms. The van der Waals surface area contributed by atoms with Crippen LogP contribution in [0.4, 0.5) is 14.9 Å². The van der Waals surface area contributed by atoms with E-state index in [-0.39, 0.29) is 39.2 Å². The second-order valence-electron chi connectivity index (χ2n) is 12.8. The maximum atomic E-state index is 14.8. The minimum absolute atomic E-state index is 0.0201. The number of hydrogen-bond donors (Lipinski definition) is 1. The lowest BCUT2D eigenvalue weighted by molar-refractivity contribution is -0.121. The van der Waals surface area contributed by atoms with Gasteiger partial charge in [-0.1, -0.05) is 0 Å². The van der Waals surface area contributed by atoms with E-state index in [9.17, 15) is 27.7 Å². The van der Waals surface area contributed by atoms with Crippen molar-refractivity contribution < 1.29 is 31.9 Å². The summed E-state index contributed by atoms with van der Waals surface area (Å²) < 4.78 is 53.5. The van der Waals surface area contributed by atoms with Crippen molar-refractivity contribution in [2.24, 2.45) is 0 Å². The van der Waals surface area contributed by atoms with Crippen LogP contribution in [0.3, 0.4) is 0 Å². The molecule has 0 saturated carbocycles. The monoisotopic (exact) mass is 689 g/mol. The Kier molecular flexibility index (Phi) is 8.52. The van der Waals surface area contributed by atoms with E-state index in [1.807, 2.05) is 6.07 Å². The van der Waals surface area contributed by atoms with Gasteiger partial charge in [0.1, 0.15) is 5.82 Å². The molecule has 0 aliphatic carbocycles. The number of likely N-dealkylation sites (tertiary alicyclic amines) is 2. The van der Waals surface area contributed by atoms with E-state index in [1.165, 1.54) is 37.6 Å². The molecule has 1 atom stereocenters. The van der Waals surface area contributed by atoms with Crippen molar-refractivity contribution in [1.29, 1.82) is 5.26 Å². The molecule has 7 rings (SSSR count). The van der Waals surface area contributed by atoms with Crippen molar-refractivity contribution in [2.45, 2.75) is 41.4 Å². The van der Waals surface area contributed by atoms with Gasteiger partial charge in [0, 0.05) is 50.0 Å². The zero-order valence-corrected chi connectivity index (χ0v) is 27.9. The Bertz CT molecular complexity index is 1920. The Morgan fingerprint density at radius 2 is 1.82 bits per heavy atom. The van der Waals surface area contributed by atoms with Gasteiger partial charge < -0.3 is 19.7 Å². The molecule has 13 nitrogen and oxygen atoms in total. The van der Waals surface area contributed by atoms with Gasteiger partial charge in [0.2, 0.25) is 5.88 Å². The number of aromatic nitrogens is 1. The molecule has 3 aromatic rings. The number of carbonyl (C=O) groups excluding carboxylic acids is 2. The second-order valence-corrected chi connectivity index (χ2v) is 14.6. The van der Waals surface area contributed by atoms with Crippen LogP contribution in [0.2, 0.25) is 0 Å². The first-order valence-electron chi connectivity index (χ1n) is 16.1. The molecule has 3 fully saturated rings. The summed E-state index contributed by atoms with van der Waals surface area (Å²) in [7, 11) is -1.13. The van der Waals surface area contributed by atoms with E-state index in [1.54, 1.807) is 11.0 Å². The van der Waals surface area contributed by atoms with Crippen LogP contribution in [-0.2, 0) is 25.1 Å². The molecule has 4 aliphatic rings. The fourth-order valence-electron chi connectivity index (χ4n) is 7.20. The number of fused-ring (bicyclic) bond motifs is 1. The number of nitrogens with one attached hydrogen (secondary N) is 1. The van der Waals surface area contributed by atoms with Gasteiger partial charge in [-0.2, -0.15) is 9.57 Å². The lowest BCUT2D eigenvalue weighted by Crippen LogP contribution is -2.67. The maximum Gasteiger partial charge on any atom is 0.318 e. The summed E-state index contributed by atoms with van der Waals surface area (Å²) in [6, 6.07) is 13.8. The van der Waals surface area contributed by atoms with Crippen LogP contribution in [0.1, 0.15) is 29.5 Å². The van der Waals surface area contributed by atoms with E-state index in [0.717, 1.165) is 63.4 Å². The number of pyridine rings is 1. The third-order valence-electron chi connectivity index (χ3n) is 10.2.